The lowest BCUT2D eigenvalue weighted by Gasteiger charge is -2.02. The molecule has 0 N–H and O–H groups in total. The average Bonchev–Trinajstić information content (AvgIpc) is 2.67. The maximum absolute atomic E-state index is 11.3. The molecule has 0 unspecified atom stereocenters. The first kappa shape index (κ1) is 22.6. The molecular formula is C18H20O8. The SMILES string of the molecule is COC(=O)/C=C/C(/C=C/C(=O)OC)=C(/C=C/C(=O)OC)/C=C/C(=O)OC. The van der Waals surface area contributed by atoms with Gasteiger partial charge < -0.3 is 18.9 Å². The number of carbonyl (C=O) groups is 4. The Labute approximate surface area is 151 Å². The zero-order valence-electron chi connectivity index (χ0n) is 14.9. The minimum Gasteiger partial charge on any atom is -0.466 e. The number of ether oxygens (including phenoxy) is 4. The summed E-state index contributed by atoms with van der Waals surface area (Å²) in [5.41, 5.74) is 0.613. The molecule has 0 aliphatic heterocycles. The molecule has 0 heterocycles. The van der Waals surface area contributed by atoms with Crippen LogP contribution in [0.4, 0.5) is 0 Å². The van der Waals surface area contributed by atoms with E-state index in [1.807, 2.05) is 0 Å². The topological polar surface area (TPSA) is 105 Å². The quantitative estimate of drug-likeness (QED) is 0.274. The fourth-order valence-corrected chi connectivity index (χ4v) is 1.40. The van der Waals surface area contributed by atoms with E-state index in [9.17, 15) is 19.2 Å². The van der Waals surface area contributed by atoms with Crippen LogP contribution in [0.1, 0.15) is 0 Å². The Hall–Kier alpha value is -3.42. The lowest BCUT2D eigenvalue weighted by atomic mass is 10.1. The van der Waals surface area contributed by atoms with Gasteiger partial charge in [0.25, 0.3) is 0 Å². The summed E-state index contributed by atoms with van der Waals surface area (Å²) in [4.78, 5) is 45.3. The van der Waals surface area contributed by atoms with Crippen LogP contribution in [0.3, 0.4) is 0 Å². The number of esters is 4. The van der Waals surface area contributed by atoms with Gasteiger partial charge in [0.2, 0.25) is 0 Å². The smallest absolute Gasteiger partial charge is 0.330 e. The molecule has 0 fully saturated rings. The molecule has 8 heteroatoms. The molecule has 140 valence electrons. The van der Waals surface area contributed by atoms with E-state index in [0.717, 1.165) is 24.3 Å². The first-order chi connectivity index (χ1) is 12.4. The van der Waals surface area contributed by atoms with Gasteiger partial charge in [-0.3, -0.25) is 0 Å². The summed E-state index contributed by atoms with van der Waals surface area (Å²) in [6.45, 7) is 0. The van der Waals surface area contributed by atoms with Gasteiger partial charge in [0, 0.05) is 24.3 Å². The van der Waals surface area contributed by atoms with Gasteiger partial charge in [-0.1, -0.05) is 0 Å². The molecule has 0 aliphatic carbocycles. The van der Waals surface area contributed by atoms with Crippen molar-refractivity contribution in [2.45, 2.75) is 0 Å². The van der Waals surface area contributed by atoms with Crippen LogP contribution >= 0.6 is 0 Å². The first-order valence-electron chi connectivity index (χ1n) is 7.16. The zero-order valence-corrected chi connectivity index (χ0v) is 14.9. The van der Waals surface area contributed by atoms with E-state index in [4.69, 9.17) is 0 Å². The minimum atomic E-state index is -0.637. The van der Waals surface area contributed by atoms with Crippen LogP contribution in [-0.4, -0.2) is 52.3 Å². The molecule has 0 aromatic carbocycles. The molecule has 0 aromatic rings. The summed E-state index contributed by atoms with van der Waals surface area (Å²) in [5, 5.41) is 0. The highest BCUT2D eigenvalue weighted by Crippen LogP contribution is 2.13. The third kappa shape index (κ3) is 9.66. The molecule has 0 aromatic heterocycles. The number of methoxy groups -OCH3 is 4. The predicted molar refractivity (Wildman–Crippen MR) is 91.7 cm³/mol. The second kappa shape index (κ2) is 12.9. The molecule has 26 heavy (non-hydrogen) atoms. The van der Waals surface area contributed by atoms with Crippen molar-refractivity contribution in [2.75, 3.05) is 28.4 Å². The van der Waals surface area contributed by atoms with Crippen LogP contribution in [0, 0.1) is 0 Å². The van der Waals surface area contributed by atoms with E-state index in [0.29, 0.717) is 11.1 Å². The summed E-state index contributed by atoms with van der Waals surface area (Å²) in [6.07, 6.45) is 9.77. The van der Waals surface area contributed by atoms with Crippen LogP contribution in [-0.2, 0) is 38.1 Å². The highest BCUT2D eigenvalue weighted by atomic mass is 16.5. The Morgan fingerprint density at radius 1 is 0.423 bits per heavy atom. The first-order valence-corrected chi connectivity index (χ1v) is 7.16. The third-order valence-corrected chi connectivity index (χ3v) is 2.73. The summed E-state index contributed by atoms with van der Waals surface area (Å²) < 4.78 is 18.0. The molecule has 0 saturated carbocycles. The Kier molecular flexibility index (Phi) is 11.2. The molecule has 0 spiro atoms. The van der Waals surface area contributed by atoms with E-state index < -0.39 is 23.9 Å². The maximum Gasteiger partial charge on any atom is 0.330 e. The lowest BCUT2D eigenvalue weighted by molar-refractivity contribution is -0.135. The summed E-state index contributed by atoms with van der Waals surface area (Å²) in [7, 11) is 4.82. The molecule has 0 rings (SSSR count). The van der Waals surface area contributed by atoms with E-state index in [-0.39, 0.29) is 0 Å². The van der Waals surface area contributed by atoms with Gasteiger partial charge in [-0.15, -0.1) is 0 Å². The Balaban J connectivity index is 6.15. The average molecular weight is 364 g/mol. The zero-order chi connectivity index (χ0) is 19.9. The van der Waals surface area contributed by atoms with E-state index >= 15 is 0 Å². The van der Waals surface area contributed by atoms with Crippen molar-refractivity contribution in [3.63, 3.8) is 0 Å². The van der Waals surface area contributed by atoms with Crippen molar-refractivity contribution < 1.29 is 38.1 Å². The Morgan fingerprint density at radius 2 is 0.615 bits per heavy atom. The van der Waals surface area contributed by atoms with Crippen LogP contribution in [0.25, 0.3) is 0 Å². The van der Waals surface area contributed by atoms with Gasteiger partial charge in [0.15, 0.2) is 0 Å². The monoisotopic (exact) mass is 364 g/mol. The second-order valence-corrected chi connectivity index (χ2v) is 4.34. The highest BCUT2D eigenvalue weighted by molar-refractivity contribution is 5.86. The number of hydrogen-bond donors (Lipinski definition) is 0. The standard InChI is InChI=1S/C18H20O8/c1-23-15(19)9-5-13(6-10-16(20)24-2)14(7-11-17(21)25-3)8-12-18(22)26-4/h5-12H,1-4H3/b9-5+,10-6+,11-7+,12-8+. The van der Waals surface area contributed by atoms with Gasteiger partial charge >= 0.3 is 23.9 Å². The normalized spacial score (nSPS) is 11.1. The van der Waals surface area contributed by atoms with Crippen molar-refractivity contribution in [1.29, 1.82) is 0 Å². The van der Waals surface area contributed by atoms with Gasteiger partial charge in [0.1, 0.15) is 0 Å². The van der Waals surface area contributed by atoms with E-state index in [1.165, 1.54) is 52.7 Å². The number of rotatable bonds is 8. The molecule has 0 amide bonds. The lowest BCUT2D eigenvalue weighted by Crippen LogP contribution is -1.98. The molecule has 0 aliphatic rings. The minimum absolute atomic E-state index is 0.307. The molecule has 8 nitrogen and oxygen atoms in total. The van der Waals surface area contributed by atoms with E-state index in [1.54, 1.807) is 0 Å². The van der Waals surface area contributed by atoms with Crippen molar-refractivity contribution in [3.05, 3.63) is 59.8 Å². The number of carbonyl (C=O) groups excluding carboxylic acids is 4. The number of hydrogen-bond acceptors (Lipinski definition) is 8. The molecule has 0 saturated heterocycles. The van der Waals surface area contributed by atoms with Crippen LogP contribution in [0.15, 0.2) is 59.8 Å². The van der Waals surface area contributed by atoms with Crippen molar-refractivity contribution in [2.24, 2.45) is 0 Å². The highest BCUT2D eigenvalue weighted by Gasteiger charge is 2.02. The largest absolute Gasteiger partial charge is 0.466 e. The van der Waals surface area contributed by atoms with Gasteiger partial charge in [-0.05, 0) is 35.5 Å². The van der Waals surface area contributed by atoms with Crippen molar-refractivity contribution in [3.8, 4) is 0 Å². The predicted octanol–water partition coefficient (Wildman–Crippen LogP) is 1.20. The Morgan fingerprint density at radius 3 is 0.769 bits per heavy atom. The summed E-state index contributed by atoms with van der Waals surface area (Å²) in [5.74, 6) is -2.55. The van der Waals surface area contributed by atoms with E-state index in [2.05, 4.69) is 18.9 Å². The van der Waals surface area contributed by atoms with Crippen LogP contribution < -0.4 is 0 Å². The fourth-order valence-electron chi connectivity index (χ4n) is 1.40. The molecule has 0 atom stereocenters. The molecular weight excluding hydrogens is 344 g/mol. The van der Waals surface area contributed by atoms with Crippen LogP contribution in [0.2, 0.25) is 0 Å². The second-order valence-electron chi connectivity index (χ2n) is 4.34. The number of allylic oxidation sites excluding steroid dienone is 6. The summed E-state index contributed by atoms with van der Waals surface area (Å²) >= 11 is 0. The summed E-state index contributed by atoms with van der Waals surface area (Å²) in [6, 6.07) is 0. The third-order valence-electron chi connectivity index (χ3n) is 2.73. The van der Waals surface area contributed by atoms with Gasteiger partial charge in [0.05, 0.1) is 28.4 Å². The van der Waals surface area contributed by atoms with Crippen molar-refractivity contribution in [1.82, 2.24) is 0 Å². The van der Waals surface area contributed by atoms with Gasteiger partial charge in [-0.25, -0.2) is 19.2 Å². The molecule has 0 bridgehead atoms. The van der Waals surface area contributed by atoms with Crippen molar-refractivity contribution >= 4 is 23.9 Å². The molecule has 0 radical (unpaired) electrons. The fraction of sp³-hybridized carbons (Fsp3) is 0.222. The van der Waals surface area contributed by atoms with Crippen LogP contribution in [0.5, 0.6) is 0 Å². The maximum atomic E-state index is 11.3. The van der Waals surface area contributed by atoms with Gasteiger partial charge in [-0.2, -0.15) is 0 Å². The Bertz CT molecular complexity index is 563.